The Morgan fingerprint density at radius 1 is 1.46 bits per heavy atom. The molecule has 3 fully saturated rings. The highest BCUT2D eigenvalue weighted by Crippen LogP contribution is 2.36. The van der Waals surface area contributed by atoms with Crippen LogP contribution in [0.5, 0.6) is 0 Å². The number of amides is 1. The maximum atomic E-state index is 11.1. The summed E-state index contributed by atoms with van der Waals surface area (Å²) in [6.07, 6.45) is 2.53. The van der Waals surface area contributed by atoms with Gasteiger partial charge in [-0.15, -0.1) is 0 Å². The number of piperidine rings is 3. The van der Waals surface area contributed by atoms with Gasteiger partial charge in [0.1, 0.15) is 0 Å². The van der Waals surface area contributed by atoms with Crippen LogP contribution in [0.1, 0.15) is 19.8 Å². The van der Waals surface area contributed by atoms with Crippen molar-refractivity contribution in [3.8, 4) is 0 Å². The highest BCUT2D eigenvalue weighted by atomic mass is 16.1. The summed E-state index contributed by atoms with van der Waals surface area (Å²) < 4.78 is 0. The summed E-state index contributed by atoms with van der Waals surface area (Å²) in [6.45, 7) is 5.53. The fourth-order valence-electron chi connectivity index (χ4n) is 2.79. The summed E-state index contributed by atoms with van der Waals surface area (Å²) in [5, 5.41) is 0. The van der Waals surface area contributed by atoms with Crippen LogP contribution in [-0.2, 0) is 4.79 Å². The molecule has 2 atom stereocenters. The lowest BCUT2D eigenvalue weighted by Gasteiger charge is -2.46. The summed E-state index contributed by atoms with van der Waals surface area (Å²) in [5.41, 5.74) is 5.34. The maximum Gasteiger partial charge on any atom is 0.220 e. The first-order valence-corrected chi connectivity index (χ1v) is 5.20. The number of nitrogens with two attached hydrogens (primary N) is 1. The van der Waals surface area contributed by atoms with E-state index in [-0.39, 0.29) is 11.8 Å². The van der Waals surface area contributed by atoms with Crippen molar-refractivity contribution >= 4 is 5.91 Å². The smallest absolute Gasteiger partial charge is 0.220 e. The second-order valence-electron chi connectivity index (χ2n) is 4.49. The molecule has 2 bridgehead atoms. The second-order valence-corrected chi connectivity index (χ2v) is 4.49. The highest BCUT2D eigenvalue weighted by molar-refractivity contribution is 5.76. The molecule has 3 nitrogen and oxygen atoms in total. The van der Waals surface area contributed by atoms with E-state index in [0.717, 1.165) is 12.5 Å². The fraction of sp³-hybridized carbons (Fsp3) is 0.900. The number of hydrogen-bond acceptors (Lipinski definition) is 2. The molecule has 0 spiro atoms. The molecule has 3 saturated heterocycles. The largest absolute Gasteiger partial charge is 0.369 e. The Morgan fingerprint density at radius 3 is 2.46 bits per heavy atom. The van der Waals surface area contributed by atoms with Gasteiger partial charge < -0.3 is 10.6 Å². The van der Waals surface area contributed by atoms with E-state index in [1.54, 1.807) is 0 Å². The molecule has 13 heavy (non-hydrogen) atoms. The van der Waals surface area contributed by atoms with Crippen LogP contribution in [0.4, 0.5) is 0 Å². The Morgan fingerprint density at radius 2 is 2.08 bits per heavy atom. The SMILES string of the molecule is CC(C(N)=O)[C@@H]1CN2CCC1CC2. The van der Waals surface area contributed by atoms with Crippen molar-refractivity contribution < 1.29 is 4.79 Å². The van der Waals surface area contributed by atoms with Crippen molar-refractivity contribution in [2.24, 2.45) is 23.5 Å². The minimum atomic E-state index is -0.126. The molecule has 0 aromatic heterocycles. The normalized spacial score (nSPS) is 40.2. The molecule has 0 aromatic carbocycles. The zero-order valence-corrected chi connectivity index (χ0v) is 8.20. The molecular formula is C10H18N2O. The van der Waals surface area contributed by atoms with Gasteiger partial charge in [-0.1, -0.05) is 6.92 Å². The molecule has 2 N–H and O–H groups in total. The van der Waals surface area contributed by atoms with Gasteiger partial charge in [0.05, 0.1) is 0 Å². The van der Waals surface area contributed by atoms with Crippen LogP contribution in [0.15, 0.2) is 0 Å². The van der Waals surface area contributed by atoms with E-state index in [1.165, 1.54) is 25.9 Å². The molecule has 0 aromatic rings. The Balaban J connectivity index is 2.04. The molecule has 3 aliphatic heterocycles. The lowest BCUT2D eigenvalue weighted by atomic mass is 9.73. The van der Waals surface area contributed by atoms with E-state index in [9.17, 15) is 4.79 Å². The summed E-state index contributed by atoms with van der Waals surface area (Å²) >= 11 is 0. The number of carbonyl (C=O) groups is 1. The van der Waals surface area contributed by atoms with Gasteiger partial charge in [-0.3, -0.25) is 4.79 Å². The Labute approximate surface area is 79.3 Å². The maximum absolute atomic E-state index is 11.1. The predicted octanol–water partition coefficient (Wildman–Crippen LogP) is 0.450. The third-order valence-corrected chi connectivity index (χ3v) is 3.80. The first-order chi connectivity index (χ1) is 6.18. The van der Waals surface area contributed by atoms with Crippen molar-refractivity contribution in [2.75, 3.05) is 19.6 Å². The third-order valence-electron chi connectivity index (χ3n) is 3.80. The van der Waals surface area contributed by atoms with Gasteiger partial charge in [0.25, 0.3) is 0 Å². The van der Waals surface area contributed by atoms with Crippen LogP contribution in [-0.4, -0.2) is 30.4 Å². The molecule has 1 amide bonds. The van der Waals surface area contributed by atoms with E-state index in [2.05, 4.69) is 4.90 Å². The summed E-state index contributed by atoms with van der Waals surface area (Å²) in [6, 6.07) is 0. The Bertz CT molecular complexity index is 209. The van der Waals surface area contributed by atoms with Crippen molar-refractivity contribution in [1.82, 2.24) is 4.90 Å². The zero-order valence-electron chi connectivity index (χ0n) is 8.20. The first-order valence-electron chi connectivity index (χ1n) is 5.20. The summed E-state index contributed by atoms with van der Waals surface area (Å²) in [4.78, 5) is 13.5. The molecule has 3 rings (SSSR count). The zero-order chi connectivity index (χ0) is 9.42. The molecule has 74 valence electrons. The summed E-state index contributed by atoms with van der Waals surface area (Å²) in [5.74, 6) is 1.22. The van der Waals surface area contributed by atoms with E-state index in [0.29, 0.717) is 5.92 Å². The van der Waals surface area contributed by atoms with Gasteiger partial charge in [-0.2, -0.15) is 0 Å². The predicted molar refractivity (Wildman–Crippen MR) is 51.0 cm³/mol. The standard InChI is InChI=1S/C10H18N2O/c1-7(10(11)13)9-6-12-4-2-8(9)3-5-12/h7-9H,2-6H2,1H3,(H2,11,13)/t7?,9-/m0/s1. The van der Waals surface area contributed by atoms with Crippen molar-refractivity contribution in [3.63, 3.8) is 0 Å². The summed E-state index contributed by atoms with van der Waals surface area (Å²) in [7, 11) is 0. The number of carbonyl (C=O) groups excluding carboxylic acids is 1. The quantitative estimate of drug-likeness (QED) is 0.674. The molecule has 0 aliphatic carbocycles. The number of nitrogens with zero attached hydrogens (tertiary/aromatic N) is 1. The van der Waals surface area contributed by atoms with Crippen LogP contribution in [0.2, 0.25) is 0 Å². The van der Waals surface area contributed by atoms with Gasteiger partial charge in [0, 0.05) is 12.5 Å². The van der Waals surface area contributed by atoms with E-state index < -0.39 is 0 Å². The van der Waals surface area contributed by atoms with Gasteiger partial charge in [-0.05, 0) is 37.8 Å². The minimum Gasteiger partial charge on any atom is -0.369 e. The minimum absolute atomic E-state index is 0.0631. The van der Waals surface area contributed by atoms with Gasteiger partial charge in [-0.25, -0.2) is 0 Å². The molecule has 3 heteroatoms. The van der Waals surface area contributed by atoms with Gasteiger partial charge in [0.2, 0.25) is 5.91 Å². The van der Waals surface area contributed by atoms with Crippen LogP contribution in [0, 0.1) is 17.8 Å². The average molecular weight is 182 g/mol. The molecular weight excluding hydrogens is 164 g/mol. The van der Waals surface area contributed by atoms with Gasteiger partial charge >= 0.3 is 0 Å². The van der Waals surface area contributed by atoms with Crippen LogP contribution in [0.3, 0.4) is 0 Å². The number of primary amides is 1. The highest BCUT2D eigenvalue weighted by Gasteiger charge is 2.38. The molecule has 0 radical (unpaired) electrons. The molecule has 3 aliphatic rings. The van der Waals surface area contributed by atoms with Crippen molar-refractivity contribution in [1.29, 1.82) is 0 Å². The third kappa shape index (κ3) is 1.57. The average Bonchev–Trinajstić information content (AvgIpc) is 2.18. The van der Waals surface area contributed by atoms with Crippen LogP contribution in [0.25, 0.3) is 0 Å². The number of fused-ring (bicyclic) bond motifs is 3. The fourth-order valence-corrected chi connectivity index (χ4v) is 2.79. The molecule has 0 saturated carbocycles. The Kier molecular flexibility index (Phi) is 2.28. The lowest BCUT2D eigenvalue weighted by molar-refractivity contribution is -0.125. The molecule has 3 heterocycles. The van der Waals surface area contributed by atoms with Crippen LogP contribution >= 0.6 is 0 Å². The number of rotatable bonds is 2. The van der Waals surface area contributed by atoms with Gasteiger partial charge in [0.15, 0.2) is 0 Å². The van der Waals surface area contributed by atoms with Crippen LogP contribution < -0.4 is 5.73 Å². The van der Waals surface area contributed by atoms with Crippen molar-refractivity contribution in [2.45, 2.75) is 19.8 Å². The monoisotopic (exact) mass is 182 g/mol. The molecule has 1 unspecified atom stereocenters. The lowest BCUT2D eigenvalue weighted by Crippen LogP contribution is -2.51. The van der Waals surface area contributed by atoms with E-state index in [1.807, 2.05) is 6.92 Å². The Hall–Kier alpha value is -0.570. The second kappa shape index (κ2) is 3.29. The van der Waals surface area contributed by atoms with E-state index >= 15 is 0 Å². The number of hydrogen-bond donors (Lipinski definition) is 1. The topological polar surface area (TPSA) is 46.3 Å². The first kappa shape index (κ1) is 9.00. The van der Waals surface area contributed by atoms with E-state index in [4.69, 9.17) is 5.73 Å². The van der Waals surface area contributed by atoms with Crippen molar-refractivity contribution in [3.05, 3.63) is 0 Å².